The standard InChI is InChI=1S/C8H14N2O/c1-2-5-10-6-3-4-7(10)8(9)11/h2,7H,1,3-6H2,(H2,9,11)/t7-/m1/s1. The predicted octanol–water partition coefficient (Wildman–Crippen LogP) is 0.122. The Balaban J connectivity index is 2.50. The fourth-order valence-corrected chi connectivity index (χ4v) is 1.53. The SMILES string of the molecule is C=CCN1CCC[C@@H]1C(N)=O. The van der Waals surface area contributed by atoms with E-state index in [4.69, 9.17) is 5.73 Å². The van der Waals surface area contributed by atoms with E-state index in [9.17, 15) is 4.79 Å². The van der Waals surface area contributed by atoms with E-state index in [2.05, 4.69) is 11.5 Å². The van der Waals surface area contributed by atoms with Gasteiger partial charge in [0.25, 0.3) is 0 Å². The van der Waals surface area contributed by atoms with Crippen molar-refractivity contribution in [3.05, 3.63) is 12.7 Å². The lowest BCUT2D eigenvalue weighted by Gasteiger charge is -2.19. The highest BCUT2D eigenvalue weighted by Crippen LogP contribution is 2.15. The van der Waals surface area contributed by atoms with Gasteiger partial charge in [-0.25, -0.2) is 0 Å². The first kappa shape index (κ1) is 8.27. The van der Waals surface area contributed by atoms with Gasteiger partial charge >= 0.3 is 0 Å². The zero-order valence-corrected chi connectivity index (χ0v) is 6.62. The van der Waals surface area contributed by atoms with Gasteiger partial charge in [0.15, 0.2) is 0 Å². The van der Waals surface area contributed by atoms with Crippen molar-refractivity contribution in [2.45, 2.75) is 18.9 Å². The predicted molar refractivity (Wildman–Crippen MR) is 44.0 cm³/mol. The fraction of sp³-hybridized carbons (Fsp3) is 0.625. The molecule has 0 spiro atoms. The van der Waals surface area contributed by atoms with E-state index in [0.29, 0.717) is 0 Å². The molecule has 0 bridgehead atoms. The van der Waals surface area contributed by atoms with Crippen LogP contribution >= 0.6 is 0 Å². The zero-order valence-electron chi connectivity index (χ0n) is 6.62. The highest BCUT2D eigenvalue weighted by Gasteiger charge is 2.27. The molecule has 3 heteroatoms. The molecule has 1 atom stereocenters. The molecule has 1 aliphatic heterocycles. The molecular weight excluding hydrogens is 140 g/mol. The molecule has 0 aromatic carbocycles. The summed E-state index contributed by atoms with van der Waals surface area (Å²) in [6.45, 7) is 5.37. The number of likely N-dealkylation sites (tertiary alicyclic amines) is 1. The summed E-state index contributed by atoms with van der Waals surface area (Å²) in [7, 11) is 0. The van der Waals surface area contributed by atoms with E-state index in [0.717, 1.165) is 25.9 Å². The number of rotatable bonds is 3. The molecule has 1 aliphatic rings. The minimum absolute atomic E-state index is 0.0481. The summed E-state index contributed by atoms with van der Waals surface area (Å²) >= 11 is 0. The highest BCUT2D eigenvalue weighted by atomic mass is 16.1. The monoisotopic (exact) mass is 154 g/mol. The Kier molecular flexibility index (Phi) is 2.65. The third-order valence-electron chi connectivity index (χ3n) is 2.06. The Morgan fingerprint density at radius 1 is 1.82 bits per heavy atom. The maximum Gasteiger partial charge on any atom is 0.234 e. The lowest BCUT2D eigenvalue weighted by Crippen LogP contribution is -2.40. The molecule has 2 N–H and O–H groups in total. The molecule has 1 amide bonds. The molecule has 1 saturated heterocycles. The summed E-state index contributed by atoms with van der Waals surface area (Å²) in [4.78, 5) is 12.9. The fourth-order valence-electron chi connectivity index (χ4n) is 1.53. The van der Waals surface area contributed by atoms with Crippen molar-refractivity contribution in [2.24, 2.45) is 5.73 Å². The number of nitrogens with two attached hydrogens (primary N) is 1. The molecule has 1 heterocycles. The normalized spacial score (nSPS) is 25.3. The first-order valence-electron chi connectivity index (χ1n) is 3.90. The molecule has 0 aromatic rings. The summed E-state index contributed by atoms with van der Waals surface area (Å²) in [6.07, 6.45) is 3.78. The zero-order chi connectivity index (χ0) is 8.27. The molecule has 62 valence electrons. The van der Waals surface area contributed by atoms with Gasteiger partial charge in [0.1, 0.15) is 0 Å². The smallest absolute Gasteiger partial charge is 0.234 e. The van der Waals surface area contributed by atoms with Gasteiger partial charge in [-0.1, -0.05) is 6.08 Å². The Labute approximate surface area is 66.9 Å². The number of hydrogen-bond acceptors (Lipinski definition) is 2. The number of carbonyl (C=O) groups is 1. The molecule has 3 nitrogen and oxygen atoms in total. The van der Waals surface area contributed by atoms with E-state index in [1.807, 2.05) is 0 Å². The van der Waals surface area contributed by atoms with Gasteiger partial charge in [-0.05, 0) is 19.4 Å². The maximum atomic E-state index is 10.8. The van der Waals surface area contributed by atoms with Gasteiger partial charge in [0.05, 0.1) is 6.04 Å². The number of nitrogens with zero attached hydrogens (tertiary/aromatic N) is 1. The first-order chi connectivity index (χ1) is 5.25. The summed E-state index contributed by atoms with van der Waals surface area (Å²) < 4.78 is 0. The lowest BCUT2D eigenvalue weighted by atomic mass is 10.2. The Morgan fingerprint density at radius 3 is 3.09 bits per heavy atom. The summed E-state index contributed by atoms with van der Waals surface area (Å²) in [5, 5.41) is 0. The van der Waals surface area contributed by atoms with Crippen LogP contribution in [0.4, 0.5) is 0 Å². The van der Waals surface area contributed by atoms with E-state index in [1.54, 1.807) is 6.08 Å². The molecule has 0 saturated carbocycles. The molecule has 0 aliphatic carbocycles. The average molecular weight is 154 g/mol. The van der Waals surface area contributed by atoms with Gasteiger partial charge in [0.2, 0.25) is 5.91 Å². The quantitative estimate of drug-likeness (QED) is 0.587. The van der Waals surface area contributed by atoms with Crippen molar-refractivity contribution in [3.8, 4) is 0 Å². The second-order valence-corrected chi connectivity index (χ2v) is 2.84. The third kappa shape index (κ3) is 1.80. The van der Waals surface area contributed by atoms with Crippen molar-refractivity contribution >= 4 is 5.91 Å². The molecule has 11 heavy (non-hydrogen) atoms. The van der Waals surface area contributed by atoms with Crippen LogP contribution in [0.2, 0.25) is 0 Å². The number of amides is 1. The van der Waals surface area contributed by atoms with Crippen LogP contribution in [0.3, 0.4) is 0 Å². The summed E-state index contributed by atoms with van der Waals surface area (Å²) in [5.74, 6) is -0.204. The number of hydrogen-bond donors (Lipinski definition) is 1. The van der Waals surface area contributed by atoms with E-state index >= 15 is 0 Å². The lowest BCUT2D eigenvalue weighted by molar-refractivity contribution is -0.122. The Morgan fingerprint density at radius 2 is 2.55 bits per heavy atom. The van der Waals surface area contributed by atoms with Crippen molar-refractivity contribution in [2.75, 3.05) is 13.1 Å². The minimum atomic E-state index is -0.204. The van der Waals surface area contributed by atoms with Crippen molar-refractivity contribution < 1.29 is 4.79 Å². The maximum absolute atomic E-state index is 10.8. The van der Waals surface area contributed by atoms with Gasteiger partial charge in [-0.15, -0.1) is 6.58 Å². The summed E-state index contributed by atoms with van der Waals surface area (Å²) in [6, 6.07) is -0.0481. The average Bonchev–Trinajstić information content (AvgIpc) is 2.36. The van der Waals surface area contributed by atoms with Crippen molar-refractivity contribution in [1.82, 2.24) is 4.90 Å². The second-order valence-electron chi connectivity index (χ2n) is 2.84. The van der Waals surface area contributed by atoms with Gasteiger partial charge in [-0.3, -0.25) is 9.69 Å². The van der Waals surface area contributed by atoms with Crippen LogP contribution in [0.25, 0.3) is 0 Å². The molecule has 1 rings (SSSR count). The number of primary amides is 1. The van der Waals surface area contributed by atoms with Gasteiger partial charge in [-0.2, -0.15) is 0 Å². The molecule has 0 aromatic heterocycles. The van der Waals surface area contributed by atoms with Crippen LogP contribution in [-0.2, 0) is 4.79 Å². The molecule has 1 fully saturated rings. The van der Waals surface area contributed by atoms with E-state index < -0.39 is 0 Å². The largest absolute Gasteiger partial charge is 0.368 e. The van der Waals surface area contributed by atoms with E-state index in [-0.39, 0.29) is 11.9 Å². The van der Waals surface area contributed by atoms with Crippen LogP contribution in [0.15, 0.2) is 12.7 Å². The Hall–Kier alpha value is -0.830. The van der Waals surface area contributed by atoms with Crippen LogP contribution in [0.5, 0.6) is 0 Å². The third-order valence-corrected chi connectivity index (χ3v) is 2.06. The number of carbonyl (C=O) groups excluding carboxylic acids is 1. The minimum Gasteiger partial charge on any atom is -0.368 e. The molecule has 0 radical (unpaired) electrons. The molecular formula is C8H14N2O. The van der Waals surface area contributed by atoms with Crippen LogP contribution in [0, 0.1) is 0 Å². The van der Waals surface area contributed by atoms with Crippen molar-refractivity contribution in [1.29, 1.82) is 0 Å². The van der Waals surface area contributed by atoms with E-state index in [1.165, 1.54) is 0 Å². The highest BCUT2D eigenvalue weighted by molar-refractivity contribution is 5.80. The van der Waals surface area contributed by atoms with Crippen LogP contribution in [-0.4, -0.2) is 29.9 Å². The van der Waals surface area contributed by atoms with Gasteiger partial charge in [0, 0.05) is 6.54 Å². The Bertz CT molecular complexity index is 167. The second kappa shape index (κ2) is 3.53. The van der Waals surface area contributed by atoms with Crippen LogP contribution < -0.4 is 5.73 Å². The first-order valence-corrected chi connectivity index (χ1v) is 3.90. The molecule has 0 unspecified atom stereocenters. The van der Waals surface area contributed by atoms with Gasteiger partial charge < -0.3 is 5.73 Å². The topological polar surface area (TPSA) is 46.3 Å². The van der Waals surface area contributed by atoms with Crippen LogP contribution in [0.1, 0.15) is 12.8 Å². The van der Waals surface area contributed by atoms with Crippen molar-refractivity contribution in [3.63, 3.8) is 0 Å². The summed E-state index contributed by atoms with van der Waals surface area (Å²) in [5.41, 5.74) is 5.20.